The van der Waals surface area contributed by atoms with Crippen LogP contribution in [0.25, 0.3) is 0 Å². The highest BCUT2D eigenvalue weighted by atomic mass is 127. The van der Waals surface area contributed by atoms with Crippen molar-refractivity contribution in [2.45, 2.75) is 26.1 Å². The van der Waals surface area contributed by atoms with E-state index in [0.29, 0.717) is 24.6 Å². The van der Waals surface area contributed by atoms with Gasteiger partial charge >= 0.3 is 6.61 Å². The molecule has 2 rings (SSSR count). The molecule has 3 N–H and O–H groups in total. The Morgan fingerprint density at radius 1 is 1.10 bits per heavy atom. The van der Waals surface area contributed by atoms with Gasteiger partial charge in [-0.3, -0.25) is 4.99 Å². The van der Waals surface area contributed by atoms with E-state index in [0.717, 1.165) is 17.7 Å². The number of nitrogens with zero attached hydrogens (tertiary/aromatic N) is 1. The molecule has 6 nitrogen and oxygen atoms in total. The Labute approximate surface area is 192 Å². The second-order valence-electron chi connectivity index (χ2n) is 6.17. The van der Waals surface area contributed by atoms with E-state index < -0.39 is 12.7 Å². The zero-order valence-electron chi connectivity index (χ0n) is 17.0. The van der Waals surface area contributed by atoms with Gasteiger partial charge in [0, 0.05) is 13.1 Å². The van der Waals surface area contributed by atoms with Gasteiger partial charge in [-0.15, -0.1) is 24.0 Å². The third kappa shape index (κ3) is 8.70. The summed E-state index contributed by atoms with van der Waals surface area (Å²) < 4.78 is 34.1. The SMILES string of the molecule is CCNC(=NCC(O)c1ccc(OC(F)F)cc1)NCCc1ccccc1OC.I. The summed E-state index contributed by atoms with van der Waals surface area (Å²) in [5, 5.41) is 16.7. The summed E-state index contributed by atoms with van der Waals surface area (Å²) in [7, 11) is 1.64. The quantitative estimate of drug-likeness (QED) is 0.246. The summed E-state index contributed by atoms with van der Waals surface area (Å²) in [5.74, 6) is 1.47. The van der Waals surface area contributed by atoms with Gasteiger partial charge in [-0.05, 0) is 42.7 Å². The molecule has 1 atom stereocenters. The van der Waals surface area contributed by atoms with Crippen molar-refractivity contribution in [1.29, 1.82) is 0 Å². The highest BCUT2D eigenvalue weighted by Gasteiger charge is 2.10. The summed E-state index contributed by atoms with van der Waals surface area (Å²) in [4.78, 5) is 4.40. The summed E-state index contributed by atoms with van der Waals surface area (Å²) in [6.07, 6.45) is -0.108. The molecule has 0 saturated heterocycles. The molecule has 0 bridgehead atoms. The first-order valence-electron chi connectivity index (χ1n) is 9.40. The first-order chi connectivity index (χ1) is 14.0. The van der Waals surface area contributed by atoms with Crippen LogP contribution in [-0.2, 0) is 6.42 Å². The number of halogens is 3. The van der Waals surface area contributed by atoms with Crippen LogP contribution >= 0.6 is 24.0 Å². The minimum atomic E-state index is -2.88. The van der Waals surface area contributed by atoms with Crippen molar-refractivity contribution in [3.63, 3.8) is 0 Å². The van der Waals surface area contributed by atoms with Crippen molar-refractivity contribution < 1.29 is 23.4 Å². The molecular formula is C21H28F2IN3O3. The number of guanidine groups is 1. The standard InChI is InChI=1S/C21H27F2N3O3.HI/c1-3-24-21(25-13-12-16-6-4-5-7-19(16)28-2)26-14-18(27)15-8-10-17(11-9-15)29-20(22)23;/h4-11,18,20,27H,3,12-14H2,1-2H3,(H2,24,25,26);1H. The second-order valence-corrected chi connectivity index (χ2v) is 6.17. The van der Waals surface area contributed by atoms with Crippen LogP contribution < -0.4 is 20.1 Å². The van der Waals surface area contributed by atoms with E-state index in [1.165, 1.54) is 12.1 Å². The van der Waals surface area contributed by atoms with Crippen LogP contribution in [0, 0.1) is 0 Å². The number of nitrogens with one attached hydrogen (secondary N) is 2. The number of hydrogen-bond acceptors (Lipinski definition) is 4. The number of aliphatic imine (C=N–C) groups is 1. The number of hydrogen-bond donors (Lipinski definition) is 3. The average molecular weight is 535 g/mol. The summed E-state index contributed by atoms with van der Waals surface area (Å²) in [6, 6.07) is 13.7. The average Bonchev–Trinajstić information content (AvgIpc) is 2.72. The molecule has 0 radical (unpaired) electrons. The zero-order valence-corrected chi connectivity index (χ0v) is 19.3. The van der Waals surface area contributed by atoms with E-state index >= 15 is 0 Å². The number of aliphatic hydroxyl groups is 1. The Morgan fingerprint density at radius 2 is 1.80 bits per heavy atom. The van der Waals surface area contributed by atoms with E-state index in [4.69, 9.17) is 4.74 Å². The van der Waals surface area contributed by atoms with Gasteiger partial charge in [0.15, 0.2) is 5.96 Å². The smallest absolute Gasteiger partial charge is 0.387 e. The first kappa shape index (κ1) is 25.9. The molecule has 0 amide bonds. The normalized spacial score (nSPS) is 12.1. The molecular weight excluding hydrogens is 507 g/mol. The van der Waals surface area contributed by atoms with Gasteiger partial charge in [-0.25, -0.2) is 0 Å². The van der Waals surface area contributed by atoms with Crippen molar-refractivity contribution in [2.75, 3.05) is 26.7 Å². The van der Waals surface area contributed by atoms with Crippen molar-refractivity contribution in [2.24, 2.45) is 4.99 Å². The molecule has 1 unspecified atom stereocenters. The van der Waals surface area contributed by atoms with Crippen molar-refractivity contribution in [1.82, 2.24) is 10.6 Å². The number of para-hydroxylation sites is 1. The third-order valence-electron chi connectivity index (χ3n) is 4.14. The molecule has 0 aliphatic rings. The minimum Gasteiger partial charge on any atom is -0.496 e. The molecule has 0 saturated carbocycles. The predicted molar refractivity (Wildman–Crippen MR) is 124 cm³/mol. The Hall–Kier alpha value is -2.14. The lowest BCUT2D eigenvalue weighted by Gasteiger charge is -2.14. The lowest BCUT2D eigenvalue weighted by molar-refractivity contribution is -0.0498. The number of methoxy groups -OCH3 is 1. The van der Waals surface area contributed by atoms with Crippen LogP contribution in [0.15, 0.2) is 53.5 Å². The molecule has 0 aromatic heterocycles. The molecule has 0 aliphatic heterocycles. The summed E-state index contributed by atoms with van der Waals surface area (Å²) in [6.45, 7) is 0.521. The zero-order chi connectivity index (χ0) is 21.1. The molecule has 0 aliphatic carbocycles. The number of ether oxygens (including phenoxy) is 2. The monoisotopic (exact) mass is 535 g/mol. The van der Waals surface area contributed by atoms with Crippen LogP contribution in [0.2, 0.25) is 0 Å². The topological polar surface area (TPSA) is 75.1 Å². The fourth-order valence-corrected chi connectivity index (χ4v) is 2.72. The predicted octanol–water partition coefficient (Wildman–Crippen LogP) is 3.75. The van der Waals surface area contributed by atoms with Crippen molar-refractivity contribution >= 4 is 29.9 Å². The number of benzene rings is 2. The number of alkyl halides is 2. The van der Waals surface area contributed by atoms with E-state index in [9.17, 15) is 13.9 Å². The fraction of sp³-hybridized carbons (Fsp3) is 0.381. The highest BCUT2D eigenvalue weighted by Crippen LogP contribution is 2.20. The fourth-order valence-electron chi connectivity index (χ4n) is 2.72. The van der Waals surface area contributed by atoms with Crippen LogP contribution in [0.1, 0.15) is 24.2 Å². The van der Waals surface area contributed by atoms with Crippen LogP contribution in [-0.4, -0.2) is 44.4 Å². The second kappa shape index (κ2) is 14.0. The van der Waals surface area contributed by atoms with E-state index in [2.05, 4.69) is 20.4 Å². The molecule has 0 fully saturated rings. The lowest BCUT2D eigenvalue weighted by Crippen LogP contribution is -2.38. The molecule has 2 aromatic rings. The van der Waals surface area contributed by atoms with E-state index in [-0.39, 0.29) is 36.3 Å². The highest BCUT2D eigenvalue weighted by molar-refractivity contribution is 14.0. The van der Waals surface area contributed by atoms with Crippen molar-refractivity contribution in [3.05, 3.63) is 59.7 Å². The maximum Gasteiger partial charge on any atom is 0.387 e. The van der Waals surface area contributed by atoms with E-state index in [1.807, 2.05) is 31.2 Å². The molecule has 2 aromatic carbocycles. The van der Waals surface area contributed by atoms with Gasteiger partial charge in [-0.2, -0.15) is 8.78 Å². The molecule has 0 heterocycles. The molecule has 30 heavy (non-hydrogen) atoms. The Kier molecular flexibility index (Phi) is 12.1. The molecule has 166 valence electrons. The van der Waals surface area contributed by atoms with Gasteiger partial charge in [0.05, 0.1) is 19.8 Å². The van der Waals surface area contributed by atoms with Crippen molar-refractivity contribution in [3.8, 4) is 11.5 Å². The van der Waals surface area contributed by atoms with Gasteiger partial charge in [0.2, 0.25) is 0 Å². The number of aliphatic hydroxyl groups excluding tert-OH is 1. The maximum atomic E-state index is 12.2. The minimum absolute atomic E-state index is 0. The number of rotatable bonds is 10. The lowest BCUT2D eigenvalue weighted by atomic mass is 10.1. The third-order valence-corrected chi connectivity index (χ3v) is 4.14. The maximum absolute atomic E-state index is 12.2. The van der Waals surface area contributed by atoms with Gasteiger partial charge in [-0.1, -0.05) is 30.3 Å². The van der Waals surface area contributed by atoms with Crippen LogP contribution in [0.3, 0.4) is 0 Å². The summed E-state index contributed by atoms with van der Waals surface area (Å²) in [5.41, 5.74) is 1.66. The Morgan fingerprint density at radius 3 is 2.43 bits per heavy atom. The van der Waals surface area contributed by atoms with Crippen LogP contribution in [0.4, 0.5) is 8.78 Å². The van der Waals surface area contributed by atoms with Gasteiger partial charge < -0.3 is 25.2 Å². The van der Waals surface area contributed by atoms with E-state index in [1.54, 1.807) is 19.2 Å². The Balaban J connectivity index is 0.00000450. The summed E-state index contributed by atoms with van der Waals surface area (Å²) >= 11 is 0. The van der Waals surface area contributed by atoms with Crippen LogP contribution in [0.5, 0.6) is 11.5 Å². The molecule has 9 heteroatoms. The Bertz CT molecular complexity index is 776. The first-order valence-corrected chi connectivity index (χ1v) is 9.40. The van der Waals surface area contributed by atoms with Gasteiger partial charge in [0.1, 0.15) is 11.5 Å². The van der Waals surface area contributed by atoms with Gasteiger partial charge in [0.25, 0.3) is 0 Å². The molecule has 0 spiro atoms. The largest absolute Gasteiger partial charge is 0.496 e.